The fraction of sp³-hybridized carbons (Fsp3) is 0.615. The van der Waals surface area contributed by atoms with Gasteiger partial charge in [-0.05, 0) is 6.92 Å². The highest BCUT2D eigenvalue weighted by molar-refractivity contribution is 6.67. The molecule has 2 heterocycles. The molecule has 2 rings (SSSR count). The quantitative estimate of drug-likeness (QED) is 0.554. The predicted octanol–water partition coefficient (Wildman–Crippen LogP) is 1.02. The number of carbonyl (C=O) groups excluding carboxylic acids is 1. The van der Waals surface area contributed by atoms with E-state index in [1.807, 2.05) is 0 Å². The Kier molecular flexibility index (Phi) is 6.39. The fourth-order valence-corrected chi connectivity index (χ4v) is 2.33. The van der Waals surface area contributed by atoms with E-state index >= 15 is 0 Å². The van der Waals surface area contributed by atoms with Gasteiger partial charge >= 0.3 is 11.8 Å². The molecule has 0 aliphatic carbocycles. The van der Waals surface area contributed by atoms with Crippen LogP contribution in [0.15, 0.2) is 15.8 Å². The second-order valence-corrected chi connectivity index (χ2v) is 7.89. The summed E-state index contributed by atoms with van der Waals surface area (Å²) in [5, 5.41) is 10.00. The maximum absolute atomic E-state index is 11.8. The molecule has 0 amide bonds. The highest BCUT2D eigenvalue weighted by Gasteiger charge is 2.36. The lowest BCUT2D eigenvalue weighted by Crippen LogP contribution is -2.33. The number of aromatic amines is 1. The first kappa shape index (κ1) is 20.1. The molecule has 25 heavy (non-hydrogen) atoms. The van der Waals surface area contributed by atoms with Crippen molar-refractivity contribution in [2.45, 2.75) is 35.6 Å². The summed E-state index contributed by atoms with van der Waals surface area (Å²) in [4.78, 5) is 36.8. The zero-order valence-electron chi connectivity index (χ0n) is 12.9. The lowest BCUT2D eigenvalue weighted by molar-refractivity contribution is -0.0586. The molecule has 1 aliphatic heterocycles. The molecule has 1 aliphatic rings. The summed E-state index contributed by atoms with van der Waals surface area (Å²) in [7, 11) is 0. The first-order valence-corrected chi connectivity index (χ1v) is 8.22. The summed E-state index contributed by atoms with van der Waals surface area (Å²) >= 11 is 16.3. The molecule has 0 radical (unpaired) electrons. The van der Waals surface area contributed by atoms with Gasteiger partial charge in [0.1, 0.15) is 25.5 Å². The zero-order chi connectivity index (χ0) is 18.8. The maximum Gasteiger partial charge on any atom is 0.508 e. The van der Waals surface area contributed by atoms with E-state index in [9.17, 15) is 19.5 Å². The van der Waals surface area contributed by atoms with Crippen LogP contribution in [0.3, 0.4) is 0 Å². The van der Waals surface area contributed by atoms with Gasteiger partial charge in [-0.2, -0.15) is 0 Å². The number of H-pyrrole nitrogens is 1. The van der Waals surface area contributed by atoms with Crippen molar-refractivity contribution in [3.63, 3.8) is 0 Å². The zero-order valence-corrected chi connectivity index (χ0v) is 15.2. The molecule has 1 saturated heterocycles. The van der Waals surface area contributed by atoms with Crippen molar-refractivity contribution in [2.24, 2.45) is 0 Å². The Morgan fingerprint density at radius 2 is 2.12 bits per heavy atom. The third kappa shape index (κ3) is 5.61. The Balaban J connectivity index is 1.93. The van der Waals surface area contributed by atoms with Crippen molar-refractivity contribution in [1.82, 2.24) is 9.55 Å². The number of aromatic nitrogens is 2. The molecule has 1 aromatic rings. The Morgan fingerprint density at radius 1 is 1.44 bits per heavy atom. The van der Waals surface area contributed by atoms with E-state index < -0.39 is 46.2 Å². The van der Waals surface area contributed by atoms with Crippen molar-refractivity contribution in [3.05, 3.63) is 32.6 Å². The third-order valence-corrected chi connectivity index (χ3v) is 3.71. The van der Waals surface area contributed by atoms with Crippen LogP contribution in [0.4, 0.5) is 4.79 Å². The minimum Gasteiger partial charge on any atom is -0.431 e. The standard InChI is InChI=1S/C13H15Cl3N2O7/c1-6-3-18(11(21)17-10(6)20)9-2-7(19)8(25-9)4-23-12(22)24-5-13(14,15)16/h3,7-9,19H,2,4-5H2,1H3,(H,17,20,21)/t7-,8+,9+/m0/s1. The molecular weight excluding hydrogens is 403 g/mol. The van der Waals surface area contributed by atoms with Gasteiger partial charge in [0.15, 0.2) is 0 Å². The van der Waals surface area contributed by atoms with Gasteiger partial charge in [0.25, 0.3) is 5.56 Å². The fourth-order valence-electron chi connectivity index (χ4n) is 2.17. The number of rotatable bonds is 4. The van der Waals surface area contributed by atoms with Crippen LogP contribution in [0.5, 0.6) is 0 Å². The van der Waals surface area contributed by atoms with E-state index in [-0.39, 0.29) is 13.0 Å². The number of ether oxygens (including phenoxy) is 3. The number of alkyl halides is 3. The monoisotopic (exact) mass is 416 g/mol. The smallest absolute Gasteiger partial charge is 0.431 e. The summed E-state index contributed by atoms with van der Waals surface area (Å²) < 4.78 is 14.3. The van der Waals surface area contributed by atoms with E-state index in [4.69, 9.17) is 44.3 Å². The van der Waals surface area contributed by atoms with Crippen molar-refractivity contribution in [2.75, 3.05) is 13.2 Å². The Bertz CT molecular complexity index is 742. The van der Waals surface area contributed by atoms with E-state index in [0.29, 0.717) is 5.56 Å². The van der Waals surface area contributed by atoms with Crippen LogP contribution in [0.2, 0.25) is 0 Å². The lowest BCUT2D eigenvalue weighted by Gasteiger charge is -2.17. The van der Waals surface area contributed by atoms with E-state index in [0.717, 1.165) is 4.57 Å². The number of hydrogen-bond acceptors (Lipinski definition) is 7. The molecule has 9 nitrogen and oxygen atoms in total. The van der Waals surface area contributed by atoms with E-state index in [1.165, 1.54) is 13.1 Å². The van der Waals surface area contributed by atoms with Crippen LogP contribution >= 0.6 is 34.8 Å². The van der Waals surface area contributed by atoms with Gasteiger partial charge in [-0.15, -0.1) is 0 Å². The van der Waals surface area contributed by atoms with Gasteiger partial charge in [0, 0.05) is 18.2 Å². The molecule has 3 atom stereocenters. The molecule has 2 N–H and O–H groups in total. The van der Waals surface area contributed by atoms with Crippen LogP contribution in [-0.4, -0.2) is 50.0 Å². The highest BCUT2D eigenvalue weighted by atomic mass is 35.6. The molecular formula is C13H15Cl3N2O7. The van der Waals surface area contributed by atoms with Gasteiger partial charge in [-0.3, -0.25) is 14.3 Å². The Hall–Kier alpha value is -1.26. The first-order valence-electron chi connectivity index (χ1n) is 7.08. The summed E-state index contributed by atoms with van der Waals surface area (Å²) in [5.41, 5.74) is -0.861. The van der Waals surface area contributed by atoms with E-state index in [1.54, 1.807) is 0 Å². The minimum absolute atomic E-state index is 0.0720. The molecule has 1 aromatic heterocycles. The summed E-state index contributed by atoms with van der Waals surface area (Å²) in [6.07, 6.45) is -2.39. The first-order chi connectivity index (χ1) is 11.6. The average molecular weight is 418 g/mol. The van der Waals surface area contributed by atoms with Crippen LogP contribution in [0, 0.1) is 6.92 Å². The normalized spacial score (nSPS) is 23.5. The molecule has 1 fully saturated rings. The highest BCUT2D eigenvalue weighted by Crippen LogP contribution is 2.28. The van der Waals surface area contributed by atoms with Crippen molar-refractivity contribution in [3.8, 4) is 0 Å². The summed E-state index contributed by atoms with van der Waals surface area (Å²) in [5.74, 6) is 0. The molecule has 0 spiro atoms. The second-order valence-electron chi connectivity index (χ2n) is 5.38. The number of halogens is 3. The number of hydrogen-bond donors (Lipinski definition) is 2. The minimum atomic E-state index is -1.77. The van der Waals surface area contributed by atoms with E-state index in [2.05, 4.69) is 9.72 Å². The maximum atomic E-state index is 11.8. The molecule has 0 aromatic carbocycles. The molecule has 140 valence electrons. The molecule has 0 bridgehead atoms. The molecule has 0 unspecified atom stereocenters. The lowest BCUT2D eigenvalue weighted by atomic mass is 10.2. The van der Waals surface area contributed by atoms with Crippen LogP contribution in [0.25, 0.3) is 0 Å². The van der Waals surface area contributed by atoms with Gasteiger partial charge in [-0.25, -0.2) is 9.59 Å². The second kappa shape index (κ2) is 7.96. The van der Waals surface area contributed by atoms with Crippen molar-refractivity contribution in [1.29, 1.82) is 0 Å². The van der Waals surface area contributed by atoms with Crippen molar-refractivity contribution >= 4 is 41.0 Å². The number of aliphatic hydroxyl groups is 1. The van der Waals surface area contributed by atoms with Gasteiger partial charge in [0.05, 0.1) is 6.10 Å². The number of aryl methyl sites for hydroxylation is 1. The molecule has 0 saturated carbocycles. The summed E-state index contributed by atoms with van der Waals surface area (Å²) in [6, 6.07) is 0. The number of carbonyl (C=O) groups is 1. The van der Waals surface area contributed by atoms with Crippen LogP contribution in [-0.2, 0) is 14.2 Å². The predicted molar refractivity (Wildman–Crippen MR) is 88.2 cm³/mol. The van der Waals surface area contributed by atoms with Crippen LogP contribution < -0.4 is 11.2 Å². The third-order valence-electron chi connectivity index (χ3n) is 3.38. The van der Waals surface area contributed by atoms with Gasteiger partial charge in [0.2, 0.25) is 3.79 Å². The number of aliphatic hydroxyl groups excluding tert-OH is 1. The number of nitrogens with one attached hydrogen (secondary N) is 1. The Labute approximate surface area is 156 Å². The van der Waals surface area contributed by atoms with Gasteiger partial charge in [-0.1, -0.05) is 34.8 Å². The topological polar surface area (TPSA) is 120 Å². The average Bonchev–Trinajstić information content (AvgIpc) is 2.87. The largest absolute Gasteiger partial charge is 0.508 e. The number of nitrogens with zero attached hydrogens (tertiary/aromatic N) is 1. The van der Waals surface area contributed by atoms with Crippen LogP contribution in [0.1, 0.15) is 18.2 Å². The summed E-state index contributed by atoms with van der Waals surface area (Å²) in [6.45, 7) is 0.702. The Morgan fingerprint density at radius 3 is 2.76 bits per heavy atom. The van der Waals surface area contributed by atoms with Gasteiger partial charge < -0.3 is 19.3 Å². The SMILES string of the molecule is Cc1cn([C@H]2C[C@H](O)[C@@H](COC(=O)OCC(Cl)(Cl)Cl)O2)c(=O)[nH]c1=O. The molecule has 12 heteroatoms. The van der Waals surface area contributed by atoms with Crippen molar-refractivity contribution < 1.29 is 24.1 Å².